The van der Waals surface area contributed by atoms with E-state index < -0.39 is 11.4 Å². The van der Waals surface area contributed by atoms with E-state index in [1.165, 1.54) is 7.11 Å². The van der Waals surface area contributed by atoms with E-state index in [0.29, 0.717) is 42.9 Å². The fraction of sp³-hybridized carbons (Fsp3) is 0.474. The second-order valence-electron chi connectivity index (χ2n) is 6.64. The van der Waals surface area contributed by atoms with Gasteiger partial charge in [0.15, 0.2) is 11.6 Å². The molecule has 0 bridgehead atoms. The minimum absolute atomic E-state index is 0.163. The summed E-state index contributed by atoms with van der Waals surface area (Å²) in [5.41, 5.74) is 1.53. The number of methoxy groups -OCH3 is 1. The molecule has 1 amide bonds. The van der Waals surface area contributed by atoms with Crippen molar-refractivity contribution in [1.82, 2.24) is 15.1 Å². The summed E-state index contributed by atoms with van der Waals surface area (Å²) in [5.74, 6) is -0.537. The number of benzene rings is 1. The molecule has 1 aliphatic rings. The Morgan fingerprint density at radius 1 is 1.35 bits per heavy atom. The first-order valence-corrected chi connectivity index (χ1v) is 8.63. The van der Waals surface area contributed by atoms with Gasteiger partial charge in [0.25, 0.3) is 5.91 Å². The third-order valence-corrected chi connectivity index (χ3v) is 5.13. The number of amides is 1. The quantitative estimate of drug-likeness (QED) is 0.909. The molecular formula is C19H24FN3O3. The van der Waals surface area contributed by atoms with Crippen LogP contribution in [-0.4, -0.2) is 36.0 Å². The standard InChI is InChI=1S/C19H24FN3O3/c1-12-16(13(2)23(3)22-12)18(24)21-19(8-10-26-11-9-19)14-6-5-7-15(25-4)17(14)20/h5-7H,8-11H2,1-4H3,(H,21,24). The predicted octanol–water partition coefficient (Wildman–Crippen LogP) is 2.62. The third kappa shape index (κ3) is 3.07. The van der Waals surface area contributed by atoms with Crippen LogP contribution in [0.2, 0.25) is 0 Å². The van der Waals surface area contributed by atoms with Crippen LogP contribution in [0.1, 0.15) is 40.2 Å². The molecule has 1 fully saturated rings. The number of carbonyl (C=O) groups excluding carboxylic acids is 1. The van der Waals surface area contributed by atoms with Gasteiger partial charge in [-0.1, -0.05) is 12.1 Å². The van der Waals surface area contributed by atoms with Gasteiger partial charge in [-0.15, -0.1) is 0 Å². The monoisotopic (exact) mass is 361 g/mol. The zero-order valence-corrected chi connectivity index (χ0v) is 15.6. The average Bonchev–Trinajstić information content (AvgIpc) is 2.88. The number of aromatic nitrogens is 2. The maximum absolute atomic E-state index is 15.0. The SMILES string of the molecule is COc1cccc(C2(NC(=O)c3c(C)nn(C)c3C)CCOCC2)c1F. The van der Waals surface area contributed by atoms with Crippen LogP contribution in [0.5, 0.6) is 5.75 Å². The first kappa shape index (κ1) is 18.4. The Balaban J connectivity index is 2.03. The summed E-state index contributed by atoms with van der Waals surface area (Å²) < 4.78 is 27.2. The van der Waals surface area contributed by atoms with E-state index in [2.05, 4.69) is 10.4 Å². The Morgan fingerprint density at radius 3 is 2.62 bits per heavy atom. The summed E-state index contributed by atoms with van der Waals surface area (Å²) in [6, 6.07) is 5.01. The molecule has 0 radical (unpaired) electrons. The number of hydrogen-bond donors (Lipinski definition) is 1. The van der Waals surface area contributed by atoms with Crippen molar-refractivity contribution in [2.24, 2.45) is 7.05 Å². The number of nitrogens with zero attached hydrogens (tertiary/aromatic N) is 2. The van der Waals surface area contributed by atoms with E-state index in [4.69, 9.17) is 9.47 Å². The van der Waals surface area contributed by atoms with Crippen molar-refractivity contribution < 1.29 is 18.7 Å². The fourth-order valence-corrected chi connectivity index (χ4v) is 3.60. The van der Waals surface area contributed by atoms with Gasteiger partial charge < -0.3 is 14.8 Å². The van der Waals surface area contributed by atoms with Gasteiger partial charge in [0.1, 0.15) is 0 Å². The molecule has 0 atom stereocenters. The maximum atomic E-state index is 15.0. The lowest BCUT2D eigenvalue weighted by Gasteiger charge is -2.39. The molecule has 3 rings (SSSR count). The highest BCUT2D eigenvalue weighted by Gasteiger charge is 2.39. The predicted molar refractivity (Wildman–Crippen MR) is 94.8 cm³/mol. The smallest absolute Gasteiger partial charge is 0.255 e. The lowest BCUT2D eigenvalue weighted by Crippen LogP contribution is -2.50. The molecule has 26 heavy (non-hydrogen) atoms. The third-order valence-electron chi connectivity index (χ3n) is 5.13. The van der Waals surface area contributed by atoms with Crippen molar-refractivity contribution in [3.63, 3.8) is 0 Å². The maximum Gasteiger partial charge on any atom is 0.255 e. The van der Waals surface area contributed by atoms with Gasteiger partial charge in [-0.25, -0.2) is 4.39 Å². The summed E-state index contributed by atoms with van der Waals surface area (Å²) in [5, 5.41) is 7.39. The van der Waals surface area contributed by atoms with Crippen molar-refractivity contribution in [1.29, 1.82) is 0 Å². The highest BCUT2D eigenvalue weighted by Crippen LogP contribution is 2.37. The zero-order chi connectivity index (χ0) is 18.9. The fourth-order valence-electron chi connectivity index (χ4n) is 3.60. The topological polar surface area (TPSA) is 65.4 Å². The minimum Gasteiger partial charge on any atom is -0.494 e. The Bertz CT molecular complexity index is 826. The van der Waals surface area contributed by atoms with Crippen LogP contribution in [-0.2, 0) is 17.3 Å². The Hall–Kier alpha value is -2.41. The Kier molecular flexibility index (Phi) is 5.00. The number of hydrogen-bond acceptors (Lipinski definition) is 4. The average molecular weight is 361 g/mol. The van der Waals surface area contributed by atoms with E-state index >= 15 is 0 Å². The lowest BCUT2D eigenvalue weighted by molar-refractivity contribution is 0.0331. The molecule has 7 heteroatoms. The van der Waals surface area contributed by atoms with Gasteiger partial charge in [-0.05, 0) is 32.8 Å². The molecular weight excluding hydrogens is 337 g/mol. The second-order valence-corrected chi connectivity index (χ2v) is 6.64. The van der Waals surface area contributed by atoms with Gasteiger partial charge in [-0.2, -0.15) is 5.10 Å². The van der Waals surface area contributed by atoms with Gasteiger partial charge in [0, 0.05) is 31.5 Å². The molecule has 1 N–H and O–H groups in total. The van der Waals surface area contributed by atoms with E-state index in [9.17, 15) is 9.18 Å². The lowest BCUT2D eigenvalue weighted by atomic mass is 9.81. The van der Waals surface area contributed by atoms with Crippen molar-refractivity contribution in [2.75, 3.05) is 20.3 Å². The second kappa shape index (κ2) is 7.07. The number of ether oxygens (including phenoxy) is 2. The van der Waals surface area contributed by atoms with Crippen LogP contribution in [0, 0.1) is 19.7 Å². The molecule has 6 nitrogen and oxygen atoms in total. The van der Waals surface area contributed by atoms with Gasteiger partial charge in [0.2, 0.25) is 0 Å². The Morgan fingerprint density at radius 2 is 2.04 bits per heavy atom. The van der Waals surface area contributed by atoms with Crippen LogP contribution in [0.4, 0.5) is 4.39 Å². The van der Waals surface area contributed by atoms with Crippen LogP contribution < -0.4 is 10.1 Å². The van der Waals surface area contributed by atoms with Crippen molar-refractivity contribution >= 4 is 5.91 Å². The minimum atomic E-state index is -0.845. The number of halogens is 1. The molecule has 0 unspecified atom stereocenters. The molecule has 2 heterocycles. The molecule has 1 aliphatic heterocycles. The van der Waals surface area contributed by atoms with Crippen LogP contribution in [0.3, 0.4) is 0 Å². The number of carbonyl (C=O) groups is 1. The molecule has 1 aromatic carbocycles. The summed E-state index contributed by atoms with van der Waals surface area (Å²) in [6.45, 7) is 4.53. The van der Waals surface area contributed by atoms with Gasteiger partial charge >= 0.3 is 0 Å². The molecule has 1 saturated heterocycles. The van der Waals surface area contributed by atoms with E-state index in [1.807, 2.05) is 6.92 Å². The molecule has 0 aliphatic carbocycles. The zero-order valence-electron chi connectivity index (χ0n) is 15.6. The molecule has 1 aromatic heterocycles. The molecule has 140 valence electrons. The molecule has 0 spiro atoms. The highest BCUT2D eigenvalue weighted by molar-refractivity contribution is 5.97. The van der Waals surface area contributed by atoms with E-state index in [1.54, 1.807) is 36.9 Å². The first-order valence-electron chi connectivity index (χ1n) is 8.63. The number of nitrogens with one attached hydrogen (secondary N) is 1. The summed E-state index contributed by atoms with van der Waals surface area (Å²) in [7, 11) is 3.23. The molecule has 2 aromatic rings. The van der Waals surface area contributed by atoms with Crippen LogP contribution in [0.15, 0.2) is 18.2 Å². The summed E-state index contributed by atoms with van der Waals surface area (Å²) >= 11 is 0. The van der Waals surface area contributed by atoms with Crippen molar-refractivity contribution in [2.45, 2.75) is 32.2 Å². The van der Waals surface area contributed by atoms with E-state index in [0.717, 1.165) is 5.69 Å². The van der Waals surface area contributed by atoms with Crippen LogP contribution in [0.25, 0.3) is 0 Å². The Labute approximate surface area is 152 Å². The first-order chi connectivity index (χ1) is 12.4. The van der Waals surface area contributed by atoms with Crippen molar-refractivity contribution in [3.05, 3.63) is 46.5 Å². The van der Waals surface area contributed by atoms with Crippen molar-refractivity contribution in [3.8, 4) is 5.75 Å². The highest BCUT2D eigenvalue weighted by atomic mass is 19.1. The number of rotatable bonds is 4. The van der Waals surface area contributed by atoms with Gasteiger partial charge in [-0.3, -0.25) is 9.48 Å². The summed E-state index contributed by atoms with van der Waals surface area (Å²) in [4.78, 5) is 13.1. The largest absolute Gasteiger partial charge is 0.494 e. The van der Waals surface area contributed by atoms with Crippen LogP contribution >= 0.6 is 0 Å². The normalized spacial score (nSPS) is 16.3. The van der Waals surface area contributed by atoms with Gasteiger partial charge in [0.05, 0.1) is 23.9 Å². The summed E-state index contributed by atoms with van der Waals surface area (Å²) in [6.07, 6.45) is 0.975. The number of aryl methyl sites for hydroxylation is 2. The molecule has 0 saturated carbocycles. The van der Waals surface area contributed by atoms with E-state index in [-0.39, 0.29) is 11.7 Å².